The average molecular weight is 523 g/mol. The number of hydrogen-bond acceptors (Lipinski definition) is 9. The maximum absolute atomic E-state index is 11.2. The molecule has 0 rings (SSSR count). The summed E-state index contributed by atoms with van der Waals surface area (Å²) < 4.78 is 43.4. The van der Waals surface area contributed by atoms with Crippen LogP contribution in [0.5, 0.6) is 0 Å². The highest BCUT2D eigenvalue weighted by Crippen LogP contribution is 2.08. The quantitative estimate of drug-likeness (QED) is 0.102. The fourth-order valence-corrected chi connectivity index (χ4v) is 3.04. The lowest BCUT2D eigenvalue weighted by molar-refractivity contribution is -0.143. The first-order valence-electron chi connectivity index (χ1n) is 13.9. The lowest BCUT2D eigenvalue weighted by Crippen LogP contribution is -2.15. The van der Waals surface area contributed by atoms with E-state index in [0.29, 0.717) is 92.3 Å². The molecule has 0 radical (unpaired) electrons. The summed E-state index contributed by atoms with van der Waals surface area (Å²) in [6, 6.07) is 0. The molecule has 0 aliphatic heterocycles. The SMILES string of the molecule is CCOC(=O)CCCCCCCCOCCOCCOCCOCCOCCOCCOC(C)CC. The number of carbonyl (C=O) groups is 1. The van der Waals surface area contributed by atoms with Gasteiger partial charge < -0.3 is 37.9 Å². The van der Waals surface area contributed by atoms with Crippen LogP contribution >= 0.6 is 0 Å². The highest BCUT2D eigenvalue weighted by atomic mass is 16.6. The molecule has 0 aliphatic carbocycles. The minimum absolute atomic E-state index is 0.0809. The number of ether oxygens (including phenoxy) is 8. The van der Waals surface area contributed by atoms with Crippen molar-refractivity contribution in [2.24, 2.45) is 0 Å². The van der Waals surface area contributed by atoms with Crippen LogP contribution < -0.4 is 0 Å². The number of carbonyl (C=O) groups excluding carboxylic acids is 1. The van der Waals surface area contributed by atoms with Crippen molar-refractivity contribution >= 4 is 5.97 Å². The molecule has 0 bridgehead atoms. The van der Waals surface area contributed by atoms with Crippen molar-refractivity contribution in [2.45, 2.75) is 78.2 Å². The second-order valence-corrected chi connectivity index (χ2v) is 8.44. The van der Waals surface area contributed by atoms with E-state index in [2.05, 4.69) is 13.8 Å². The maximum Gasteiger partial charge on any atom is 0.305 e. The van der Waals surface area contributed by atoms with Crippen LogP contribution in [0.15, 0.2) is 0 Å². The first-order valence-corrected chi connectivity index (χ1v) is 13.9. The standard InChI is InChI=1S/C27H54O9/c1-4-26(3)36-25-24-34-23-22-33-21-20-32-19-18-31-17-16-30-15-14-29-13-11-9-7-6-8-10-12-27(28)35-5-2/h26H,4-25H2,1-3H3. The van der Waals surface area contributed by atoms with Crippen LogP contribution in [0.25, 0.3) is 0 Å². The van der Waals surface area contributed by atoms with Gasteiger partial charge in [0.05, 0.1) is 92.0 Å². The third kappa shape index (κ3) is 29.4. The highest BCUT2D eigenvalue weighted by Gasteiger charge is 2.01. The van der Waals surface area contributed by atoms with Gasteiger partial charge in [-0.15, -0.1) is 0 Å². The van der Waals surface area contributed by atoms with E-state index < -0.39 is 0 Å². The Balaban J connectivity index is 3.06. The van der Waals surface area contributed by atoms with Crippen LogP contribution in [0.1, 0.15) is 72.1 Å². The van der Waals surface area contributed by atoms with E-state index in [1.807, 2.05) is 6.92 Å². The molecule has 0 spiro atoms. The smallest absolute Gasteiger partial charge is 0.305 e. The van der Waals surface area contributed by atoms with Crippen molar-refractivity contribution in [1.82, 2.24) is 0 Å². The van der Waals surface area contributed by atoms with Crippen LogP contribution in [0.2, 0.25) is 0 Å². The van der Waals surface area contributed by atoms with Gasteiger partial charge in [-0.3, -0.25) is 4.79 Å². The molecule has 0 aromatic heterocycles. The molecule has 0 saturated heterocycles. The highest BCUT2D eigenvalue weighted by molar-refractivity contribution is 5.69. The predicted molar refractivity (Wildman–Crippen MR) is 140 cm³/mol. The van der Waals surface area contributed by atoms with Crippen LogP contribution in [0, 0.1) is 0 Å². The van der Waals surface area contributed by atoms with Crippen molar-refractivity contribution in [1.29, 1.82) is 0 Å². The minimum Gasteiger partial charge on any atom is -0.466 e. The summed E-state index contributed by atoms with van der Waals surface area (Å²) in [5.41, 5.74) is 0. The van der Waals surface area contributed by atoms with Gasteiger partial charge >= 0.3 is 5.97 Å². The van der Waals surface area contributed by atoms with E-state index >= 15 is 0 Å². The Morgan fingerprint density at radius 2 is 0.917 bits per heavy atom. The molecule has 0 amide bonds. The Labute approximate surface area is 219 Å². The Morgan fingerprint density at radius 3 is 1.36 bits per heavy atom. The zero-order valence-corrected chi connectivity index (χ0v) is 23.3. The van der Waals surface area contributed by atoms with E-state index in [-0.39, 0.29) is 12.1 Å². The van der Waals surface area contributed by atoms with Gasteiger partial charge in [-0.2, -0.15) is 0 Å². The number of esters is 1. The Hall–Kier alpha value is -0.810. The van der Waals surface area contributed by atoms with Gasteiger partial charge in [0.25, 0.3) is 0 Å². The molecule has 0 heterocycles. The summed E-state index contributed by atoms with van der Waals surface area (Å²) in [6.45, 7) is 14.1. The second kappa shape index (κ2) is 30.4. The molecule has 9 heteroatoms. The molecule has 1 atom stereocenters. The average Bonchev–Trinajstić information content (AvgIpc) is 2.88. The molecule has 1 unspecified atom stereocenters. The maximum atomic E-state index is 11.2. The van der Waals surface area contributed by atoms with Gasteiger partial charge in [0, 0.05) is 13.0 Å². The van der Waals surface area contributed by atoms with Gasteiger partial charge in [-0.25, -0.2) is 0 Å². The monoisotopic (exact) mass is 522 g/mol. The number of unbranched alkanes of at least 4 members (excludes halogenated alkanes) is 5. The van der Waals surface area contributed by atoms with Crippen molar-refractivity contribution in [2.75, 3.05) is 92.5 Å². The van der Waals surface area contributed by atoms with E-state index in [4.69, 9.17) is 37.9 Å². The summed E-state index contributed by atoms with van der Waals surface area (Å²) in [6.07, 6.45) is 8.41. The van der Waals surface area contributed by atoms with Crippen LogP contribution in [0.4, 0.5) is 0 Å². The van der Waals surface area contributed by atoms with Gasteiger partial charge in [-0.1, -0.05) is 32.6 Å². The normalized spacial score (nSPS) is 12.2. The lowest BCUT2D eigenvalue weighted by atomic mass is 10.1. The van der Waals surface area contributed by atoms with Crippen LogP contribution in [0.3, 0.4) is 0 Å². The molecule has 0 aromatic rings. The third-order valence-electron chi connectivity index (χ3n) is 5.29. The minimum atomic E-state index is -0.0809. The largest absolute Gasteiger partial charge is 0.466 e. The molecule has 9 nitrogen and oxygen atoms in total. The first kappa shape index (κ1) is 35.2. The van der Waals surface area contributed by atoms with E-state index in [0.717, 1.165) is 45.1 Å². The van der Waals surface area contributed by atoms with Crippen molar-refractivity contribution < 1.29 is 42.7 Å². The summed E-state index contributed by atoms with van der Waals surface area (Å²) in [5.74, 6) is -0.0809. The van der Waals surface area contributed by atoms with Crippen molar-refractivity contribution in [3.05, 3.63) is 0 Å². The summed E-state index contributed by atoms with van der Waals surface area (Å²) in [7, 11) is 0. The predicted octanol–water partition coefficient (Wildman–Crippen LogP) is 4.19. The Bertz CT molecular complexity index is 437. The number of hydrogen-bond donors (Lipinski definition) is 0. The zero-order valence-electron chi connectivity index (χ0n) is 23.3. The zero-order chi connectivity index (χ0) is 26.4. The van der Waals surface area contributed by atoms with Crippen molar-refractivity contribution in [3.8, 4) is 0 Å². The lowest BCUT2D eigenvalue weighted by Gasteiger charge is -2.11. The fraction of sp³-hybridized carbons (Fsp3) is 0.963. The molecule has 216 valence electrons. The topological polar surface area (TPSA) is 90.9 Å². The molecular formula is C27H54O9. The molecule has 0 aromatic carbocycles. The van der Waals surface area contributed by atoms with Gasteiger partial charge in [-0.05, 0) is 33.1 Å². The third-order valence-corrected chi connectivity index (χ3v) is 5.29. The van der Waals surface area contributed by atoms with E-state index in [1.54, 1.807) is 0 Å². The van der Waals surface area contributed by atoms with Gasteiger partial charge in [0.15, 0.2) is 0 Å². The summed E-state index contributed by atoms with van der Waals surface area (Å²) in [4.78, 5) is 11.2. The first-order chi connectivity index (χ1) is 17.7. The second-order valence-electron chi connectivity index (χ2n) is 8.44. The molecule has 0 saturated carbocycles. The fourth-order valence-electron chi connectivity index (χ4n) is 3.04. The Morgan fingerprint density at radius 1 is 0.528 bits per heavy atom. The molecule has 0 aliphatic rings. The van der Waals surface area contributed by atoms with Gasteiger partial charge in [0.2, 0.25) is 0 Å². The van der Waals surface area contributed by atoms with Crippen molar-refractivity contribution in [3.63, 3.8) is 0 Å². The summed E-state index contributed by atoms with van der Waals surface area (Å²) in [5, 5.41) is 0. The molecule has 36 heavy (non-hydrogen) atoms. The molecule has 0 N–H and O–H groups in total. The Kier molecular flexibility index (Phi) is 29.7. The van der Waals surface area contributed by atoms with Crippen LogP contribution in [-0.2, 0) is 42.7 Å². The number of rotatable bonds is 30. The molecule has 0 fully saturated rings. The van der Waals surface area contributed by atoms with E-state index in [9.17, 15) is 4.79 Å². The van der Waals surface area contributed by atoms with Crippen LogP contribution in [-0.4, -0.2) is 105 Å². The summed E-state index contributed by atoms with van der Waals surface area (Å²) >= 11 is 0. The van der Waals surface area contributed by atoms with E-state index in [1.165, 1.54) is 6.42 Å². The van der Waals surface area contributed by atoms with Gasteiger partial charge in [0.1, 0.15) is 0 Å². The molecular weight excluding hydrogens is 468 g/mol.